The summed E-state index contributed by atoms with van der Waals surface area (Å²) >= 11 is 6.14. The number of halogens is 1. The molecule has 132 valence electrons. The van der Waals surface area contributed by atoms with Gasteiger partial charge in [0.25, 0.3) is 5.91 Å². The molecule has 1 atom stereocenters. The molecular formula is C18H23ClN5O+. The molecule has 0 radical (unpaired) electrons. The van der Waals surface area contributed by atoms with Gasteiger partial charge < -0.3 is 15.1 Å². The van der Waals surface area contributed by atoms with Gasteiger partial charge in [-0.3, -0.25) is 4.79 Å². The van der Waals surface area contributed by atoms with Crippen LogP contribution in [0.1, 0.15) is 12.5 Å². The third-order valence-corrected chi connectivity index (χ3v) is 5.03. The standard InChI is InChI=1S/C18H22ClN5O/c1-14(17(25)22-13-15-5-2-3-6-16(15)19)23-9-11-24(12-10-23)18-20-7-4-8-21-18/h2-8,14H,9-13H2,1H3,(H,22,25)/p+1/t14-/m0/s1. The summed E-state index contributed by atoms with van der Waals surface area (Å²) in [4.78, 5) is 24.5. The molecule has 0 aliphatic carbocycles. The Morgan fingerprint density at radius 3 is 2.60 bits per heavy atom. The number of amides is 1. The lowest BCUT2D eigenvalue weighted by atomic mass is 10.2. The van der Waals surface area contributed by atoms with E-state index < -0.39 is 0 Å². The zero-order chi connectivity index (χ0) is 17.6. The summed E-state index contributed by atoms with van der Waals surface area (Å²) < 4.78 is 0. The minimum Gasteiger partial charge on any atom is -0.347 e. The summed E-state index contributed by atoms with van der Waals surface area (Å²) in [5.41, 5.74) is 0.936. The van der Waals surface area contributed by atoms with Gasteiger partial charge in [-0.15, -0.1) is 0 Å². The monoisotopic (exact) mass is 360 g/mol. The number of hydrogen-bond donors (Lipinski definition) is 2. The first-order valence-electron chi connectivity index (χ1n) is 8.53. The van der Waals surface area contributed by atoms with Gasteiger partial charge in [0.2, 0.25) is 5.95 Å². The van der Waals surface area contributed by atoms with Gasteiger partial charge in [-0.25, -0.2) is 9.97 Å². The van der Waals surface area contributed by atoms with Crippen molar-refractivity contribution < 1.29 is 9.69 Å². The average molecular weight is 361 g/mol. The molecule has 0 unspecified atom stereocenters. The summed E-state index contributed by atoms with van der Waals surface area (Å²) in [7, 11) is 0. The molecular weight excluding hydrogens is 338 g/mol. The Morgan fingerprint density at radius 1 is 1.24 bits per heavy atom. The Kier molecular flexibility index (Phi) is 5.83. The van der Waals surface area contributed by atoms with Crippen LogP contribution in [0.4, 0.5) is 5.95 Å². The molecule has 7 heteroatoms. The number of nitrogens with one attached hydrogen (secondary N) is 2. The number of benzene rings is 1. The lowest BCUT2D eigenvalue weighted by Crippen LogP contribution is -3.19. The van der Waals surface area contributed by atoms with Crippen molar-refractivity contribution in [1.82, 2.24) is 15.3 Å². The number of hydrogen-bond acceptors (Lipinski definition) is 4. The molecule has 1 aliphatic rings. The molecule has 3 rings (SSSR count). The molecule has 0 saturated carbocycles. The molecule has 1 aromatic heterocycles. The highest BCUT2D eigenvalue weighted by atomic mass is 35.5. The van der Waals surface area contributed by atoms with Crippen molar-refractivity contribution in [2.24, 2.45) is 0 Å². The van der Waals surface area contributed by atoms with Gasteiger partial charge in [0, 0.05) is 24.0 Å². The third kappa shape index (κ3) is 4.46. The van der Waals surface area contributed by atoms with E-state index in [0.717, 1.165) is 37.7 Å². The average Bonchev–Trinajstić information content (AvgIpc) is 2.67. The quantitative estimate of drug-likeness (QED) is 0.817. The topological polar surface area (TPSA) is 62.6 Å². The molecule has 6 nitrogen and oxygen atoms in total. The molecule has 25 heavy (non-hydrogen) atoms. The second-order valence-corrected chi connectivity index (χ2v) is 6.63. The van der Waals surface area contributed by atoms with E-state index in [-0.39, 0.29) is 11.9 Å². The summed E-state index contributed by atoms with van der Waals surface area (Å²) in [6.45, 7) is 5.91. The molecule has 0 bridgehead atoms. The van der Waals surface area contributed by atoms with E-state index >= 15 is 0 Å². The number of rotatable bonds is 5. The van der Waals surface area contributed by atoms with E-state index in [4.69, 9.17) is 11.6 Å². The fraction of sp³-hybridized carbons (Fsp3) is 0.389. The van der Waals surface area contributed by atoms with Crippen molar-refractivity contribution in [2.45, 2.75) is 19.5 Å². The number of carbonyl (C=O) groups is 1. The largest absolute Gasteiger partial charge is 0.347 e. The van der Waals surface area contributed by atoms with Gasteiger partial charge >= 0.3 is 0 Å². The zero-order valence-electron chi connectivity index (χ0n) is 14.3. The smallest absolute Gasteiger partial charge is 0.278 e. The normalized spacial score (nSPS) is 16.5. The third-order valence-electron chi connectivity index (χ3n) is 4.66. The summed E-state index contributed by atoms with van der Waals surface area (Å²) in [5, 5.41) is 3.68. The van der Waals surface area contributed by atoms with Crippen LogP contribution in [0.3, 0.4) is 0 Å². The number of carbonyl (C=O) groups excluding carboxylic acids is 1. The van der Waals surface area contributed by atoms with Gasteiger partial charge in [-0.05, 0) is 24.6 Å². The van der Waals surface area contributed by atoms with Crippen molar-refractivity contribution in [3.8, 4) is 0 Å². The summed E-state index contributed by atoms with van der Waals surface area (Å²) in [6, 6.07) is 9.29. The number of piperazine rings is 1. The van der Waals surface area contributed by atoms with Crippen molar-refractivity contribution >= 4 is 23.5 Å². The highest BCUT2D eigenvalue weighted by Crippen LogP contribution is 2.14. The maximum absolute atomic E-state index is 12.5. The molecule has 2 N–H and O–H groups in total. The van der Waals surface area contributed by atoms with Crippen LogP contribution in [0, 0.1) is 0 Å². The van der Waals surface area contributed by atoms with E-state index in [9.17, 15) is 4.79 Å². The predicted molar refractivity (Wildman–Crippen MR) is 97.7 cm³/mol. The lowest BCUT2D eigenvalue weighted by Gasteiger charge is -2.34. The van der Waals surface area contributed by atoms with Crippen molar-refractivity contribution in [3.05, 3.63) is 53.3 Å². The minimum atomic E-state index is -0.0960. The maximum atomic E-state index is 12.5. The zero-order valence-corrected chi connectivity index (χ0v) is 15.0. The van der Waals surface area contributed by atoms with Crippen LogP contribution in [-0.4, -0.2) is 48.1 Å². The van der Waals surface area contributed by atoms with Crippen LogP contribution in [0.2, 0.25) is 5.02 Å². The minimum absolute atomic E-state index is 0.0549. The van der Waals surface area contributed by atoms with Gasteiger partial charge in [0.15, 0.2) is 6.04 Å². The highest BCUT2D eigenvalue weighted by molar-refractivity contribution is 6.31. The second kappa shape index (κ2) is 8.27. The van der Waals surface area contributed by atoms with Crippen LogP contribution in [0.25, 0.3) is 0 Å². The van der Waals surface area contributed by atoms with Crippen molar-refractivity contribution in [1.29, 1.82) is 0 Å². The van der Waals surface area contributed by atoms with Crippen LogP contribution < -0.4 is 15.1 Å². The predicted octanol–water partition coefficient (Wildman–Crippen LogP) is 0.540. The van der Waals surface area contributed by atoms with Gasteiger partial charge in [0.1, 0.15) is 0 Å². The van der Waals surface area contributed by atoms with E-state index in [0.29, 0.717) is 11.6 Å². The fourth-order valence-electron chi connectivity index (χ4n) is 3.04. The van der Waals surface area contributed by atoms with E-state index in [1.807, 2.05) is 37.3 Å². The van der Waals surface area contributed by atoms with Crippen LogP contribution in [-0.2, 0) is 11.3 Å². The number of quaternary nitrogens is 1. The van der Waals surface area contributed by atoms with Crippen LogP contribution in [0.5, 0.6) is 0 Å². The van der Waals surface area contributed by atoms with E-state index in [2.05, 4.69) is 20.2 Å². The number of nitrogens with zero attached hydrogens (tertiary/aromatic N) is 3. The molecule has 1 aromatic carbocycles. The SMILES string of the molecule is C[C@@H](C(=O)NCc1ccccc1Cl)[NH+]1CCN(c2ncccn2)CC1. The van der Waals surface area contributed by atoms with Gasteiger partial charge in [-0.2, -0.15) is 0 Å². The second-order valence-electron chi connectivity index (χ2n) is 6.22. The molecule has 1 saturated heterocycles. The van der Waals surface area contributed by atoms with Gasteiger partial charge in [-0.1, -0.05) is 29.8 Å². The fourth-order valence-corrected chi connectivity index (χ4v) is 3.25. The van der Waals surface area contributed by atoms with E-state index in [1.165, 1.54) is 4.90 Å². The summed E-state index contributed by atoms with van der Waals surface area (Å²) in [6.07, 6.45) is 3.51. The molecule has 1 fully saturated rings. The van der Waals surface area contributed by atoms with Crippen LogP contribution >= 0.6 is 11.6 Å². The molecule has 0 spiro atoms. The number of anilines is 1. The Labute approximate surface area is 152 Å². The molecule has 2 heterocycles. The van der Waals surface area contributed by atoms with Crippen molar-refractivity contribution in [3.63, 3.8) is 0 Å². The first kappa shape index (κ1) is 17.6. The lowest BCUT2D eigenvalue weighted by molar-refractivity contribution is -0.914. The summed E-state index contributed by atoms with van der Waals surface area (Å²) in [5.74, 6) is 0.816. The van der Waals surface area contributed by atoms with E-state index in [1.54, 1.807) is 12.4 Å². The Hall–Kier alpha value is -2.18. The molecule has 1 aliphatic heterocycles. The van der Waals surface area contributed by atoms with Crippen molar-refractivity contribution in [2.75, 3.05) is 31.1 Å². The molecule has 2 aromatic rings. The first-order valence-corrected chi connectivity index (χ1v) is 8.90. The molecule has 1 amide bonds. The highest BCUT2D eigenvalue weighted by Gasteiger charge is 2.29. The Balaban J connectivity index is 1.49. The maximum Gasteiger partial charge on any atom is 0.278 e. The van der Waals surface area contributed by atoms with Gasteiger partial charge in [0.05, 0.1) is 26.2 Å². The Morgan fingerprint density at radius 2 is 1.92 bits per heavy atom. The first-order chi connectivity index (χ1) is 12.1. The Bertz CT molecular complexity index is 704. The number of aromatic nitrogens is 2. The van der Waals surface area contributed by atoms with Crippen LogP contribution in [0.15, 0.2) is 42.7 Å².